The highest BCUT2D eigenvalue weighted by molar-refractivity contribution is 6.03. The lowest BCUT2D eigenvalue weighted by molar-refractivity contribution is 0.0941. The van der Waals surface area contributed by atoms with Gasteiger partial charge in [-0.05, 0) is 11.6 Å². The molecular weight excluding hydrogens is 216 g/mol. The van der Waals surface area contributed by atoms with Crippen LogP contribution in [0.5, 0.6) is 0 Å². The average molecular weight is 232 g/mol. The van der Waals surface area contributed by atoms with Crippen molar-refractivity contribution in [2.45, 2.75) is 20.5 Å². The normalized spacial score (nSPS) is 11.3. The van der Waals surface area contributed by atoms with E-state index in [2.05, 4.69) is 5.10 Å². The first-order valence-corrected chi connectivity index (χ1v) is 5.63. The van der Waals surface area contributed by atoms with Gasteiger partial charge in [-0.3, -0.25) is 4.79 Å². The van der Waals surface area contributed by atoms with Gasteiger partial charge >= 0.3 is 0 Å². The average Bonchev–Trinajstić information content (AvgIpc) is 2.71. The monoisotopic (exact) mass is 232 g/mol. The molecular formula is C13H16N2O2. The Morgan fingerprint density at radius 1 is 1.47 bits per heavy atom. The van der Waals surface area contributed by atoms with Crippen LogP contribution in [-0.2, 0) is 11.3 Å². The molecule has 0 aromatic carbocycles. The number of aromatic nitrogens is 2. The molecule has 2 aromatic heterocycles. The fourth-order valence-corrected chi connectivity index (χ4v) is 1.78. The molecule has 0 radical (unpaired) electrons. The quantitative estimate of drug-likeness (QED) is 0.760. The van der Waals surface area contributed by atoms with Gasteiger partial charge in [0.05, 0.1) is 23.9 Å². The minimum absolute atomic E-state index is 0.0124. The fourth-order valence-electron chi connectivity index (χ4n) is 1.78. The van der Waals surface area contributed by atoms with Crippen LogP contribution < -0.4 is 0 Å². The molecule has 0 atom stereocenters. The molecule has 4 nitrogen and oxygen atoms in total. The molecule has 17 heavy (non-hydrogen) atoms. The van der Waals surface area contributed by atoms with Gasteiger partial charge in [-0.15, -0.1) is 0 Å². The Bertz CT molecular complexity index is 543. The molecule has 0 aliphatic rings. The van der Waals surface area contributed by atoms with Gasteiger partial charge in [-0.25, -0.2) is 4.52 Å². The Kier molecular flexibility index (Phi) is 3.24. The van der Waals surface area contributed by atoms with E-state index in [1.165, 1.54) is 0 Å². The summed E-state index contributed by atoms with van der Waals surface area (Å²) in [6.45, 7) is 4.33. The number of pyridine rings is 1. The van der Waals surface area contributed by atoms with Gasteiger partial charge in [-0.2, -0.15) is 5.10 Å². The minimum Gasteiger partial charge on any atom is -0.380 e. The molecule has 0 bridgehead atoms. The third-order valence-electron chi connectivity index (χ3n) is 2.68. The van der Waals surface area contributed by atoms with Crippen molar-refractivity contribution in [2.24, 2.45) is 5.92 Å². The van der Waals surface area contributed by atoms with Crippen molar-refractivity contribution in [3.63, 3.8) is 0 Å². The van der Waals surface area contributed by atoms with E-state index in [9.17, 15) is 4.79 Å². The minimum atomic E-state index is -0.0124. The molecule has 2 heterocycles. The Balaban J connectivity index is 2.45. The summed E-state index contributed by atoms with van der Waals surface area (Å²) in [5.74, 6) is 0.112. The van der Waals surface area contributed by atoms with Gasteiger partial charge in [0.2, 0.25) is 0 Å². The van der Waals surface area contributed by atoms with E-state index in [4.69, 9.17) is 4.74 Å². The van der Waals surface area contributed by atoms with Crippen molar-refractivity contribution in [3.05, 3.63) is 35.7 Å². The lowest BCUT2D eigenvalue weighted by atomic mass is 10.0. The van der Waals surface area contributed by atoms with Crippen molar-refractivity contribution in [3.8, 4) is 0 Å². The number of hydrogen-bond donors (Lipinski definition) is 0. The van der Waals surface area contributed by atoms with Crippen molar-refractivity contribution in [1.29, 1.82) is 0 Å². The number of ketones is 1. The van der Waals surface area contributed by atoms with Crippen LogP contribution in [-0.4, -0.2) is 22.5 Å². The number of nitrogens with zero attached hydrogens (tertiary/aromatic N) is 2. The van der Waals surface area contributed by atoms with Crippen LogP contribution in [0.2, 0.25) is 0 Å². The number of ether oxygens (including phenoxy) is 1. The summed E-state index contributed by atoms with van der Waals surface area (Å²) in [7, 11) is 1.65. The van der Waals surface area contributed by atoms with Gasteiger partial charge in [0.1, 0.15) is 0 Å². The van der Waals surface area contributed by atoms with Crippen LogP contribution in [0.3, 0.4) is 0 Å². The van der Waals surface area contributed by atoms with E-state index in [-0.39, 0.29) is 11.7 Å². The molecule has 0 amide bonds. The largest absolute Gasteiger partial charge is 0.380 e. The summed E-state index contributed by atoms with van der Waals surface area (Å²) >= 11 is 0. The Hall–Kier alpha value is -1.68. The first-order valence-electron chi connectivity index (χ1n) is 5.63. The lowest BCUT2D eigenvalue weighted by Gasteiger charge is -2.03. The molecule has 0 unspecified atom stereocenters. The van der Waals surface area contributed by atoms with E-state index in [1.54, 1.807) is 17.8 Å². The number of rotatable bonds is 4. The number of Topliss-reactive ketones (excluding diaryl/α,β-unsaturated/α-hetero) is 1. The first kappa shape index (κ1) is 11.8. The molecule has 0 aliphatic carbocycles. The molecule has 4 heteroatoms. The van der Waals surface area contributed by atoms with Crippen LogP contribution in [0.1, 0.15) is 29.8 Å². The molecule has 0 spiro atoms. The molecule has 0 saturated carbocycles. The highest BCUT2D eigenvalue weighted by atomic mass is 16.5. The van der Waals surface area contributed by atoms with Crippen LogP contribution in [0.4, 0.5) is 0 Å². The van der Waals surface area contributed by atoms with Gasteiger partial charge < -0.3 is 4.74 Å². The number of methoxy groups -OCH3 is 1. The van der Waals surface area contributed by atoms with Crippen molar-refractivity contribution in [2.75, 3.05) is 7.11 Å². The Morgan fingerprint density at radius 3 is 2.88 bits per heavy atom. The highest BCUT2D eigenvalue weighted by Crippen LogP contribution is 2.16. The zero-order chi connectivity index (χ0) is 12.4. The lowest BCUT2D eigenvalue weighted by Crippen LogP contribution is -2.06. The smallest absolute Gasteiger partial charge is 0.169 e. The molecule has 0 aliphatic heterocycles. The fraction of sp³-hybridized carbons (Fsp3) is 0.385. The van der Waals surface area contributed by atoms with Gasteiger partial charge in [0.25, 0.3) is 0 Å². The van der Waals surface area contributed by atoms with E-state index in [1.807, 2.05) is 32.2 Å². The van der Waals surface area contributed by atoms with Gasteiger partial charge in [0.15, 0.2) is 5.78 Å². The molecule has 0 N–H and O–H groups in total. The first-order chi connectivity index (χ1) is 8.13. The second-order valence-electron chi connectivity index (χ2n) is 4.38. The van der Waals surface area contributed by atoms with Crippen LogP contribution >= 0.6 is 0 Å². The van der Waals surface area contributed by atoms with Gasteiger partial charge in [-0.1, -0.05) is 19.9 Å². The topological polar surface area (TPSA) is 43.6 Å². The second kappa shape index (κ2) is 4.67. The second-order valence-corrected chi connectivity index (χ2v) is 4.38. The number of hydrogen-bond acceptors (Lipinski definition) is 3. The maximum absolute atomic E-state index is 12.0. The summed E-state index contributed by atoms with van der Waals surface area (Å²) in [5.41, 5.74) is 2.57. The molecule has 0 fully saturated rings. The number of carbonyl (C=O) groups excluding carboxylic acids is 1. The summed E-state index contributed by atoms with van der Waals surface area (Å²) in [6.07, 6.45) is 3.52. The predicted molar refractivity (Wildman–Crippen MR) is 65.1 cm³/mol. The third kappa shape index (κ3) is 2.22. The number of fused-ring (bicyclic) bond motifs is 1. The SMILES string of the molecule is COCc1ccc2c(C(=O)C(C)C)cnn2c1. The van der Waals surface area contributed by atoms with E-state index in [0.29, 0.717) is 12.2 Å². The van der Waals surface area contributed by atoms with Gasteiger partial charge in [0, 0.05) is 19.2 Å². The summed E-state index contributed by atoms with van der Waals surface area (Å²) < 4.78 is 6.79. The van der Waals surface area contributed by atoms with E-state index < -0.39 is 0 Å². The summed E-state index contributed by atoms with van der Waals surface area (Å²) in [6, 6.07) is 3.87. The Labute approximate surface area is 100 Å². The maximum Gasteiger partial charge on any atom is 0.169 e. The third-order valence-corrected chi connectivity index (χ3v) is 2.68. The van der Waals surface area contributed by atoms with Crippen molar-refractivity contribution < 1.29 is 9.53 Å². The Morgan fingerprint density at radius 2 is 2.24 bits per heavy atom. The van der Waals surface area contributed by atoms with Crippen LogP contribution in [0.25, 0.3) is 5.52 Å². The molecule has 2 aromatic rings. The highest BCUT2D eigenvalue weighted by Gasteiger charge is 2.15. The summed E-state index contributed by atoms with van der Waals surface area (Å²) in [4.78, 5) is 12.0. The van der Waals surface area contributed by atoms with E-state index >= 15 is 0 Å². The van der Waals surface area contributed by atoms with Crippen molar-refractivity contribution >= 4 is 11.3 Å². The molecule has 0 saturated heterocycles. The molecule has 2 rings (SSSR count). The predicted octanol–water partition coefficient (Wildman–Crippen LogP) is 2.32. The van der Waals surface area contributed by atoms with Crippen LogP contribution in [0.15, 0.2) is 24.5 Å². The number of carbonyl (C=O) groups is 1. The zero-order valence-corrected chi connectivity index (χ0v) is 10.3. The standard InChI is InChI=1S/C13H16N2O2/c1-9(2)13(16)11-6-14-15-7-10(8-17-3)4-5-12(11)15/h4-7,9H,8H2,1-3H3. The van der Waals surface area contributed by atoms with Crippen LogP contribution in [0, 0.1) is 5.92 Å². The van der Waals surface area contributed by atoms with Crippen molar-refractivity contribution in [1.82, 2.24) is 9.61 Å². The van der Waals surface area contributed by atoms with E-state index in [0.717, 1.165) is 11.1 Å². The molecule has 90 valence electrons. The zero-order valence-electron chi connectivity index (χ0n) is 10.3. The summed E-state index contributed by atoms with van der Waals surface area (Å²) in [5, 5.41) is 4.21. The maximum atomic E-state index is 12.0.